The lowest BCUT2D eigenvalue weighted by atomic mass is 10.1. The Kier molecular flexibility index (Phi) is 5.57. The first-order valence-corrected chi connectivity index (χ1v) is 9.86. The van der Waals surface area contributed by atoms with E-state index in [-0.39, 0.29) is 6.61 Å². The molecule has 7 heteroatoms. The predicted octanol–water partition coefficient (Wildman–Crippen LogP) is 4.17. The van der Waals surface area contributed by atoms with Crippen LogP contribution in [0.15, 0.2) is 71.3 Å². The normalized spacial score (nSPS) is 16.2. The molecule has 1 aliphatic heterocycles. The van der Waals surface area contributed by atoms with Gasteiger partial charge in [-0.15, -0.1) is 0 Å². The number of hydrogen-bond acceptors (Lipinski definition) is 5. The van der Waals surface area contributed by atoms with Gasteiger partial charge in [0.25, 0.3) is 0 Å². The molecule has 0 bridgehead atoms. The minimum absolute atomic E-state index is 0.276. The summed E-state index contributed by atoms with van der Waals surface area (Å²) in [6.07, 6.45) is 4.35. The van der Waals surface area contributed by atoms with E-state index in [1.807, 2.05) is 60.8 Å². The number of carbonyl (C=O) groups excluding carboxylic acids is 2. The van der Waals surface area contributed by atoms with Gasteiger partial charge in [0.05, 0.1) is 18.0 Å². The van der Waals surface area contributed by atoms with Crippen LogP contribution in [0.4, 0.5) is 0 Å². The van der Waals surface area contributed by atoms with Gasteiger partial charge >= 0.3 is 11.9 Å². The number of benzene rings is 2. The number of para-hydroxylation sites is 1. The molecule has 0 radical (unpaired) electrons. The van der Waals surface area contributed by atoms with Crippen molar-refractivity contribution in [3.63, 3.8) is 0 Å². The molecule has 3 aromatic rings. The Morgan fingerprint density at radius 2 is 1.93 bits per heavy atom. The highest BCUT2D eigenvalue weighted by Crippen LogP contribution is 2.26. The molecule has 2 aromatic carbocycles. The first-order chi connectivity index (χ1) is 14.1. The monoisotopic (exact) mass is 452 g/mol. The van der Waals surface area contributed by atoms with Crippen LogP contribution in [0.1, 0.15) is 12.0 Å². The average Bonchev–Trinajstić information content (AvgIpc) is 3.34. The minimum atomic E-state index is -0.829. The second-order valence-electron chi connectivity index (χ2n) is 6.44. The fourth-order valence-corrected chi connectivity index (χ4v) is 3.24. The molecule has 0 aliphatic carbocycles. The highest BCUT2D eigenvalue weighted by atomic mass is 79.9. The van der Waals surface area contributed by atoms with Crippen molar-refractivity contribution in [3.8, 4) is 16.9 Å². The molecule has 1 aromatic heterocycles. The van der Waals surface area contributed by atoms with E-state index in [1.54, 1.807) is 10.8 Å². The Hall–Kier alpha value is -3.19. The SMILES string of the molecule is O=C(/C=C/c1cn(-c2ccccc2)nc1-c1ccc(Br)cc1)O[C@H]1CCOC1=O. The fraction of sp³-hybridized carbons (Fsp3) is 0.136. The fourth-order valence-electron chi connectivity index (χ4n) is 2.98. The molecule has 29 heavy (non-hydrogen) atoms. The topological polar surface area (TPSA) is 70.4 Å². The minimum Gasteiger partial charge on any atom is -0.463 e. The molecule has 1 aliphatic rings. The summed E-state index contributed by atoms with van der Waals surface area (Å²) in [5.41, 5.74) is 3.30. The summed E-state index contributed by atoms with van der Waals surface area (Å²) in [7, 11) is 0. The maximum atomic E-state index is 12.1. The van der Waals surface area contributed by atoms with Gasteiger partial charge in [0.15, 0.2) is 0 Å². The molecule has 1 fully saturated rings. The van der Waals surface area contributed by atoms with Gasteiger partial charge in [-0.1, -0.05) is 46.3 Å². The van der Waals surface area contributed by atoms with Crippen molar-refractivity contribution in [1.82, 2.24) is 9.78 Å². The van der Waals surface area contributed by atoms with Crippen molar-refractivity contribution in [1.29, 1.82) is 0 Å². The van der Waals surface area contributed by atoms with Crippen LogP contribution in [-0.4, -0.2) is 34.4 Å². The van der Waals surface area contributed by atoms with Crippen molar-refractivity contribution in [2.24, 2.45) is 0 Å². The van der Waals surface area contributed by atoms with Crippen LogP contribution in [0.3, 0.4) is 0 Å². The molecular formula is C22H17BrN2O4. The molecule has 1 saturated heterocycles. The highest BCUT2D eigenvalue weighted by molar-refractivity contribution is 9.10. The largest absolute Gasteiger partial charge is 0.463 e. The molecular weight excluding hydrogens is 436 g/mol. The predicted molar refractivity (Wildman–Crippen MR) is 111 cm³/mol. The first kappa shape index (κ1) is 19.1. The van der Waals surface area contributed by atoms with E-state index in [4.69, 9.17) is 14.6 Å². The summed E-state index contributed by atoms with van der Waals surface area (Å²) in [6, 6.07) is 17.5. The number of hydrogen-bond donors (Lipinski definition) is 0. The van der Waals surface area contributed by atoms with E-state index in [1.165, 1.54) is 6.08 Å². The molecule has 0 unspecified atom stereocenters. The smallest absolute Gasteiger partial charge is 0.347 e. The molecule has 0 amide bonds. The highest BCUT2D eigenvalue weighted by Gasteiger charge is 2.29. The summed E-state index contributed by atoms with van der Waals surface area (Å²) in [6.45, 7) is 0.276. The van der Waals surface area contributed by atoms with E-state index in [0.717, 1.165) is 27.0 Å². The number of rotatable bonds is 5. The summed E-state index contributed by atoms with van der Waals surface area (Å²) in [5, 5.41) is 4.70. The van der Waals surface area contributed by atoms with Gasteiger partial charge in [0.1, 0.15) is 0 Å². The van der Waals surface area contributed by atoms with E-state index >= 15 is 0 Å². The molecule has 2 heterocycles. The third-order valence-corrected chi connectivity index (χ3v) is 4.95. The quantitative estimate of drug-likeness (QED) is 0.429. The number of aromatic nitrogens is 2. The van der Waals surface area contributed by atoms with Gasteiger partial charge in [0.2, 0.25) is 6.10 Å². The lowest BCUT2D eigenvalue weighted by molar-refractivity contribution is -0.156. The van der Waals surface area contributed by atoms with Gasteiger partial charge in [-0.2, -0.15) is 5.10 Å². The lowest BCUT2D eigenvalue weighted by Gasteiger charge is -2.05. The molecule has 6 nitrogen and oxygen atoms in total. The Morgan fingerprint density at radius 3 is 2.62 bits per heavy atom. The molecule has 0 saturated carbocycles. The van der Waals surface area contributed by atoms with E-state index < -0.39 is 18.0 Å². The van der Waals surface area contributed by atoms with Crippen LogP contribution < -0.4 is 0 Å². The van der Waals surface area contributed by atoms with Gasteiger partial charge in [-0.05, 0) is 30.3 Å². The van der Waals surface area contributed by atoms with Crippen LogP contribution in [0.5, 0.6) is 0 Å². The van der Waals surface area contributed by atoms with Crippen LogP contribution in [0.25, 0.3) is 23.0 Å². The van der Waals surface area contributed by atoms with Crippen LogP contribution >= 0.6 is 15.9 Å². The van der Waals surface area contributed by atoms with Gasteiger partial charge in [-0.25, -0.2) is 14.3 Å². The van der Waals surface area contributed by atoms with Crippen LogP contribution in [0, 0.1) is 0 Å². The maximum Gasteiger partial charge on any atom is 0.347 e. The number of ether oxygens (including phenoxy) is 2. The van der Waals surface area contributed by atoms with Crippen molar-refractivity contribution < 1.29 is 19.1 Å². The van der Waals surface area contributed by atoms with Gasteiger partial charge in [0, 0.05) is 34.3 Å². The summed E-state index contributed by atoms with van der Waals surface area (Å²) >= 11 is 3.44. The number of cyclic esters (lactones) is 1. The molecule has 4 rings (SSSR count). The van der Waals surface area contributed by atoms with Crippen molar-refractivity contribution in [3.05, 3.63) is 76.9 Å². The second kappa shape index (κ2) is 8.45. The number of halogens is 1. The maximum absolute atomic E-state index is 12.1. The zero-order valence-corrected chi connectivity index (χ0v) is 16.9. The van der Waals surface area contributed by atoms with E-state index in [2.05, 4.69) is 15.9 Å². The molecule has 146 valence electrons. The zero-order valence-electron chi connectivity index (χ0n) is 15.3. The second-order valence-corrected chi connectivity index (χ2v) is 7.35. The summed E-state index contributed by atoms with van der Waals surface area (Å²) in [5.74, 6) is -1.10. The van der Waals surface area contributed by atoms with Crippen molar-refractivity contribution in [2.75, 3.05) is 6.61 Å². The summed E-state index contributed by atoms with van der Waals surface area (Å²) < 4.78 is 12.7. The van der Waals surface area contributed by atoms with Crippen molar-refractivity contribution >= 4 is 33.9 Å². The Morgan fingerprint density at radius 1 is 1.17 bits per heavy atom. The number of esters is 2. The standard InChI is InChI=1S/C22H17BrN2O4/c23-17-9-6-15(7-10-17)21-16(14-25(24-21)18-4-2-1-3-5-18)8-11-20(26)29-19-12-13-28-22(19)27/h1-11,14,19H,12-13H2/b11-8+/t19-/m0/s1. The van der Waals surface area contributed by atoms with Crippen LogP contribution in [0.2, 0.25) is 0 Å². The number of carbonyl (C=O) groups is 2. The average molecular weight is 453 g/mol. The third-order valence-electron chi connectivity index (χ3n) is 4.43. The third kappa shape index (κ3) is 4.46. The summed E-state index contributed by atoms with van der Waals surface area (Å²) in [4.78, 5) is 23.6. The Labute approximate surface area is 175 Å². The molecule has 0 spiro atoms. The van der Waals surface area contributed by atoms with Crippen LogP contribution in [-0.2, 0) is 19.1 Å². The van der Waals surface area contributed by atoms with Gasteiger partial charge in [-0.3, -0.25) is 0 Å². The zero-order chi connectivity index (χ0) is 20.2. The Bertz CT molecular complexity index is 1060. The number of nitrogens with zero attached hydrogens (tertiary/aromatic N) is 2. The van der Waals surface area contributed by atoms with E-state index in [9.17, 15) is 9.59 Å². The first-order valence-electron chi connectivity index (χ1n) is 9.06. The van der Waals surface area contributed by atoms with Gasteiger partial charge < -0.3 is 9.47 Å². The molecule has 0 N–H and O–H groups in total. The van der Waals surface area contributed by atoms with E-state index in [0.29, 0.717) is 6.42 Å². The Balaban J connectivity index is 1.63. The molecule has 1 atom stereocenters. The van der Waals surface area contributed by atoms with Crippen molar-refractivity contribution in [2.45, 2.75) is 12.5 Å². The lowest BCUT2D eigenvalue weighted by Crippen LogP contribution is -2.21.